The minimum absolute atomic E-state index is 0.000283. The van der Waals surface area contributed by atoms with Gasteiger partial charge in [-0.3, -0.25) is 4.90 Å². The molecule has 1 heterocycles. The predicted octanol–water partition coefficient (Wildman–Crippen LogP) is 4.70. The van der Waals surface area contributed by atoms with Crippen molar-refractivity contribution in [3.8, 4) is 0 Å². The van der Waals surface area contributed by atoms with E-state index in [0.717, 1.165) is 19.3 Å². The van der Waals surface area contributed by atoms with E-state index in [9.17, 15) is 14.0 Å². The first-order valence-corrected chi connectivity index (χ1v) is 9.66. The number of ether oxygens (including phenoxy) is 2. The molecule has 1 aromatic rings. The Balaban J connectivity index is 1.71. The van der Waals surface area contributed by atoms with Gasteiger partial charge in [-0.05, 0) is 52.0 Å². The van der Waals surface area contributed by atoms with Gasteiger partial charge < -0.3 is 9.47 Å². The van der Waals surface area contributed by atoms with Crippen LogP contribution in [0.3, 0.4) is 0 Å². The number of esters is 1. The van der Waals surface area contributed by atoms with Crippen LogP contribution in [0.2, 0.25) is 5.02 Å². The summed E-state index contributed by atoms with van der Waals surface area (Å²) in [6.45, 7) is 5.16. The number of rotatable bonds is 3. The number of benzene rings is 1. The molecule has 2 aliphatic rings. The van der Waals surface area contributed by atoms with Gasteiger partial charge in [0.1, 0.15) is 24.1 Å². The third-order valence-electron chi connectivity index (χ3n) is 5.12. The second-order valence-electron chi connectivity index (χ2n) is 8.22. The van der Waals surface area contributed by atoms with Crippen LogP contribution in [-0.4, -0.2) is 34.6 Å². The van der Waals surface area contributed by atoms with Crippen LogP contribution in [0, 0.1) is 11.7 Å². The molecular formula is C20H25ClFNO4. The third-order valence-corrected chi connectivity index (χ3v) is 5.41. The molecule has 7 heteroatoms. The lowest BCUT2D eigenvalue weighted by molar-refractivity contribution is -0.150. The highest BCUT2D eigenvalue weighted by Crippen LogP contribution is 2.42. The maximum absolute atomic E-state index is 14.0. The Kier molecular flexibility index (Phi) is 5.65. The summed E-state index contributed by atoms with van der Waals surface area (Å²) in [5, 5.41) is -0.0191. The second-order valence-corrected chi connectivity index (χ2v) is 8.63. The molecule has 0 N–H and O–H groups in total. The molecule has 3 atom stereocenters. The zero-order valence-corrected chi connectivity index (χ0v) is 16.6. The minimum Gasteiger partial charge on any atom is -0.459 e. The van der Waals surface area contributed by atoms with Crippen molar-refractivity contribution in [1.29, 1.82) is 0 Å². The van der Waals surface area contributed by atoms with Gasteiger partial charge in [0.05, 0.1) is 5.02 Å². The van der Waals surface area contributed by atoms with Crippen molar-refractivity contribution in [3.63, 3.8) is 0 Å². The molecule has 0 radical (unpaired) electrons. The normalized spacial score (nSPS) is 24.6. The molecular weight excluding hydrogens is 373 g/mol. The molecule has 5 nitrogen and oxygen atoms in total. The van der Waals surface area contributed by atoms with Crippen molar-refractivity contribution in [2.45, 2.75) is 70.7 Å². The maximum Gasteiger partial charge on any atom is 0.411 e. The standard InChI is InChI=1S/C20H25ClFNO4/c1-20(2,3)27-19(25)23-15-9-5-6-12(15)10-16(23)18(24)26-11-13-7-4-8-14(21)17(13)22/h4,7-8,12,15-16H,5-6,9-11H2,1-3H3/t12-,15-,16+/m1/s1. The topological polar surface area (TPSA) is 55.8 Å². The van der Waals surface area contributed by atoms with Crippen LogP contribution < -0.4 is 0 Å². The summed E-state index contributed by atoms with van der Waals surface area (Å²) in [7, 11) is 0. The summed E-state index contributed by atoms with van der Waals surface area (Å²) in [6, 6.07) is 3.85. The fourth-order valence-electron chi connectivity index (χ4n) is 3.98. The number of carbonyl (C=O) groups excluding carboxylic acids is 2. The molecule has 1 amide bonds. The van der Waals surface area contributed by atoms with E-state index in [4.69, 9.17) is 21.1 Å². The van der Waals surface area contributed by atoms with E-state index in [1.807, 2.05) is 0 Å². The lowest BCUT2D eigenvalue weighted by Crippen LogP contribution is -2.47. The van der Waals surface area contributed by atoms with E-state index >= 15 is 0 Å². The first kappa shape index (κ1) is 19.9. The van der Waals surface area contributed by atoms with E-state index in [1.54, 1.807) is 31.7 Å². The molecule has 2 fully saturated rings. The Hall–Kier alpha value is -1.82. The summed E-state index contributed by atoms with van der Waals surface area (Å²) < 4.78 is 24.8. The highest BCUT2D eigenvalue weighted by atomic mass is 35.5. The van der Waals surface area contributed by atoms with Gasteiger partial charge in [-0.15, -0.1) is 0 Å². The fraction of sp³-hybridized carbons (Fsp3) is 0.600. The number of amides is 1. The van der Waals surface area contributed by atoms with Gasteiger partial charge in [0.2, 0.25) is 0 Å². The van der Waals surface area contributed by atoms with Gasteiger partial charge in [-0.25, -0.2) is 14.0 Å². The zero-order valence-electron chi connectivity index (χ0n) is 15.8. The molecule has 3 rings (SSSR count). The van der Waals surface area contributed by atoms with Crippen LogP contribution in [0.25, 0.3) is 0 Å². The van der Waals surface area contributed by atoms with Crippen LogP contribution >= 0.6 is 11.6 Å². The SMILES string of the molecule is CC(C)(C)OC(=O)N1[C@@H]2CCC[C@@H]2C[C@H]1C(=O)OCc1cccc(Cl)c1F. The predicted molar refractivity (Wildman–Crippen MR) is 98.8 cm³/mol. The fourth-order valence-corrected chi connectivity index (χ4v) is 4.18. The smallest absolute Gasteiger partial charge is 0.411 e. The first-order valence-electron chi connectivity index (χ1n) is 9.28. The zero-order chi connectivity index (χ0) is 19.8. The van der Waals surface area contributed by atoms with Crippen molar-refractivity contribution in [1.82, 2.24) is 4.90 Å². The highest BCUT2D eigenvalue weighted by molar-refractivity contribution is 6.30. The van der Waals surface area contributed by atoms with Gasteiger partial charge in [0.15, 0.2) is 0 Å². The van der Waals surface area contributed by atoms with Crippen LogP contribution in [-0.2, 0) is 20.9 Å². The molecule has 27 heavy (non-hydrogen) atoms. The van der Waals surface area contributed by atoms with Crippen LogP contribution in [0.1, 0.15) is 52.0 Å². The number of halogens is 2. The Morgan fingerprint density at radius 3 is 2.74 bits per heavy atom. The summed E-state index contributed by atoms with van der Waals surface area (Å²) in [5.74, 6) is -0.855. The Bertz CT molecular complexity index is 733. The van der Waals surface area contributed by atoms with Gasteiger partial charge >= 0.3 is 12.1 Å². The number of nitrogens with zero attached hydrogens (tertiary/aromatic N) is 1. The number of hydrogen-bond donors (Lipinski definition) is 0. The number of fused-ring (bicyclic) bond motifs is 1. The van der Waals surface area contributed by atoms with E-state index in [-0.39, 0.29) is 29.2 Å². The average Bonchev–Trinajstić information content (AvgIpc) is 3.14. The lowest BCUT2D eigenvalue weighted by atomic mass is 10.0. The largest absolute Gasteiger partial charge is 0.459 e. The lowest BCUT2D eigenvalue weighted by Gasteiger charge is -2.31. The molecule has 0 spiro atoms. The van der Waals surface area contributed by atoms with Gasteiger partial charge in [-0.2, -0.15) is 0 Å². The van der Waals surface area contributed by atoms with E-state index < -0.39 is 29.5 Å². The molecule has 0 unspecified atom stereocenters. The first-order chi connectivity index (χ1) is 12.7. The van der Waals surface area contributed by atoms with Crippen molar-refractivity contribution >= 4 is 23.7 Å². The molecule has 1 aliphatic heterocycles. The van der Waals surface area contributed by atoms with Crippen molar-refractivity contribution < 1.29 is 23.5 Å². The number of carbonyl (C=O) groups is 2. The number of hydrogen-bond acceptors (Lipinski definition) is 4. The molecule has 1 aromatic carbocycles. The van der Waals surface area contributed by atoms with Gasteiger partial charge in [0.25, 0.3) is 0 Å². The second kappa shape index (κ2) is 7.66. The highest BCUT2D eigenvalue weighted by Gasteiger charge is 2.50. The summed E-state index contributed by atoms with van der Waals surface area (Å²) >= 11 is 5.76. The molecule has 0 aromatic heterocycles. The van der Waals surface area contributed by atoms with Crippen LogP contribution in [0.4, 0.5) is 9.18 Å². The molecule has 0 bridgehead atoms. The molecule has 148 valence electrons. The molecule has 1 saturated carbocycles. The maximum atomic E-state index is 14.0. The quantitative estimate of drug-likeness (QED) is 0.693. The van der Waals surface area contributed by atoms with Gasteiger partial charge in [-0.1, -0.05) is 30.2 Å². The minimum atomic E-state index is -0.697. The monoisotopic (exact) mass is 397 g/mol. The van der Waals surface area contributed by atoms with Crippen molar-refractivity contribution in [3.05, 3.63) is 34.6 Å². The van der Waals surface area contributed by atoms with E-state index in [1.165, 1.54) is 12.1 Å². The van der Waals surface area contributed by atoms with Crippen LogP contribution in [0.5, 0.6) is 0 Å². The summed E-state index contributed by atoms with van der Waals surface area (Å²) in [5.41, 5.74) is -0.440. The van der Waals surface area contributed by atoms with E-state index in [2.05, 4.69) is 0 Å². The van der Waals surface area contributed by atoms with Crippen molar-refractivity contribution in [2.24, 2.45) is 5.92 Å². The Morgan fingerprint density at radius 1 is 1.30 bits per heavy atom. The van der Waals surface area contributed by atoms with Gasteiger partial charge in [0, 0.05) is 11.6 Å². The molecule has 1 aliphatic carbocycles. The van der Waals surface area contributed by atoms with E-state index in [0.29, 0.717) is 6.42 Å². The summed E-state index contributed by atoms with van der Waals surface area (Å²) in [4.78, 5) is 27.0. The Labute approximate surface area is 163 Å². The summed E-state index contributed by atoms with van der Waals surface area (Å²) in [6.07, 6.45) is 2.94. The van der Waals surface area contributed by atoms with Crippen LogP contribution in [0.15, 0.2) is 18.2 Å². The van der Waals surface area contributed by atoms with Crippen molar-refractivity contribution in [2.75, 3.05) is 0 Å². The third kappa shape index (κ3) is 4.37. The number of likely N-dealkylation sites (tertiary alicyclic amines) is 1. The molecule has 1 saturated heterocycles. The average molecular weight is 398 g/mol. The Morgan fingerprint density at radius 2 is 2.04 bits per heavy atom.